The van der Waals surface area contributed by atoms with Gasteiger partial charge in [-0.25, -0.2) is 0 Å². The van der Waals surface area contributed by atoms with Crippen molar-refractivity contribution in [2.24, 2.45) is 0 Å². The zero-order valence-corrected chi connectivity index (χ0v) is 15.6. The van der Waals surface area contributed by atoms with Crippen LogP contribution < -0.4 is 0 Å². The first-order chi connectivity index (χ1) is 9.80. The molecule has 0 atom stereocenters. The van der Waals surface area contributed by atoms with Crippen LogP contribution in [0.15, 0.2) is 0 Å². The van der Waals surface area contributed by atoms with E-state index < -0.39 is 7.81 Å². The molecular formula is C14H31F6PS. The number of hydrogen-bond donors (Lipinski definition) is 0. The second-order valence-electron chi connectivity index (χ2n) is 5.45. The molecule has 0 aliphatic carbocycles. The van der Waals surface area contributed by atoms with Gasteiger partial charge in [-0.2, -0.15) is 0 Å². The van der Waals surface area contributed by atoms with Gasteiger partial charge in [0, 0.05) is 0 Å². The summed E-state index contributed by atoms with van der Waals surface area (Å²) in [7, 11) is -9.89. The molecule has 140 valence electrons. The predicted molar refractivity (Wildman–Crippen MR) is 89.5 cm³/mol. The fraction of sp³-hybridized carbons (Fsp3) is 1.00. The van der Waals surface area contributed by atoms with E-state index in [1.165, 1.54) is 68.6 Å². The first-order valence-corrected chi connectivity index (χ1v) is 11.8. The average molecular weight is 376 g/mol. The molecular weight excluding hydrogens is 345 g/mol. The Kier molecular flexibility index (Phi) is 11.5. The van der Waals surface area contributed by atoms with Crippen LogP contribution in [0.25, 0.3) is 0 Å². The van der Waals surface area contributed by atoms with Crippen molar-refractivity contribution in [1.29, 1.82) is 0 Å². The average Bonchev–Trinajstić information content (AvgIpc) is 2.33. The Morgan fingerprint density at radius 1 is 0.545 bits per heavy atom. The molecule has 0 fully saturated rings. The molecule has 0 aliphatic rings. The number of hydrogen-bond acceptors (Lipinski definition) is 0. The minimum atomic E-state index is -10.7. The van der Waals surface area contributed by atoms with Crippen LogP contribution in [0.1, 0.15) is 72.1 Å². The molecule has 8 heteroatoms. The topological polar surface area (TPSA) is 0 Å². The monoisotopic (exact) mass is 376 g/mol. The van der Waals surface area contributed by atoms with E-state index in [0.717, 1.165) is 10.9 Å². The van der Waals surface area contributed by atoms with Crippen LogP contribution in [-0.2, 0) is 10.9 Å². The summed E-state index contributed by atoms with van der Waals surface area (Å²) in [5.74, 6) is 4.56. The second kappa shape index (κ2) is 10.3. The SMILES string of the molecule is CCCCCC[S+](CCCC)CCCC.F[P-](F)(F)(F)(F)F. The van der Waals surface area contributed by atoms with Crippen LogP contribution >= 0.6 is 7.81 Å². The van der Waals surface area contributed by atoms with Gasteiger partial charge in [-0.3, -0.25) is 0 Å². The van der Waals surface area contributed by atoms with Crippen LogP contribution in [0.2, 0.25) is 0 Å². The van der Waals surface area contributed by atoms with Gasteiger partial charge in [0.25, 0.3) is 0 Å². The molecule has 0 amide bonds. The molecule has 0 heterocycles. The fourth-order valence-corrected chi connectivity index (χ4v) is 4.35. The summed E-state index contributed by atoms with van der Waals surface area (Å²) < 4.78 is 59.2. The summed E-state index contributed by atoms with van der Waals surface area (Å²) in [5, 5.41) is 0. The summed E-state index contributed by atoms with van der Waals surface area (Å²) in [6.45, 7) is 6.94. The third-order valence-electron chi connectivity index (χ3n) is 2.86. The Labute approximate surface area is 134 Å². The molecule has 0 aromatic rings. The van der Waals surface area contributed by atoms with Gasteiger partial charge in [-0.05, 0) is 36.6 Å². The van der Waals surface area contributed by atoms with Crippen molar-refractivity contribution in [2.45, 2.75) is 72.1 Å². The maximum atomic E-state index is 9.87. The van der Waals surface area contributed by atoms with Gasteiger partial charge in [0.05, 0.1) is 0 Å². The molecule has 0 nitrogen and oxygen atoms in total. The van der Waals surface area contributed by atoms with Crippen molar-refractivity contribution in [3.63, 3.8) is 0 Å². The Bertz CT molecular complexity index is 244. The standard InChI is InChI=1S/C14H31S.F6P/c1-4-7-10-11-14-15(12-8-5-2)13-9-6-3;1-7(2,3,4,5)6/h4-14H2,1-3H3;/q+1;-1. The van der Waals surface area contributed by atoms with E-state index >= 15 is 0 Å². The van der Waals surface area contributed by atoms with Crippen molar-refractivity contribution in [3.05, 3.63) is 0 Å². The molecule has 0 saturated heterocycles. The summed E-state index contributed by atoms with van der Waals surface area (Å²) in [5.41, 5.74) is 0. The molecule has 0 saturated carbocycles. The van der Waals surface area contributed by atoms with E-state index in [1.54, 1.807) is 0 Å². The summed E-state index contributed by atoms with van der Waals surface area (Å²) in [6.07, 6.45) is 11.5. The Morgan fingerprint density at radius 2 is 0.864 bits per heavy atom. The van der Waals surface area contributed by atoms with Crippen LogP contribution in [0.3, 0.4) is 0 Å². The number of halogens is 6. The van der Waals surface area contributed by atoms with E-state index in [1.807, 2.05) is 0 Å². The van der Waals surface area contributed by atoms with Crippen LogP contribution in [0.4, 0.5) is 25.2 Å². The Balaban J connectivity index is 0. The number of rotatable bonds is 11. The molecule has 0 spiro atoms. The van der Waals surface area contributed by atoms with Gasteiger partial charge >= 0.3 is 33.0 Å². The molecule has 0 rings (SSSR count). The molecule has 0 aromatic heterocycles. The maximum absolute atomic E-state index is 10.7. The molecule has 0 radical (unpaired) electrons. The molecule has 22 heavy (non-hydrogen) atoms. The van der Waals surface area contributed by atoms with Gasteiger partial charge in [0.2, 0.25) is 0 Å². The van der Waals surface area contributed by atoms with E-state index in [4.69, 9.17) is 0 Å². The normalized spacial score (nSPS) is 15.0. The van der Waals surface area contributed by atoms with Crippen LogP contribution in [-0.4, -0.2) is 17.3 Å². The van der Waals surface area contributed by atoms with Crippen LogP contribution in [0, 0.1) is 0 Å². The van der Waals surface area contributed by atoms with E-state index in [-0.39, 0.29) is 0 Å². The predicted octanol–water partition coefficient (Wildman–Crippen LogP) is 8.17. The first kappa shape index (κ1) is 24.6. The van der Waals surface area contributed by atoms with E-state index in [9.17, 15) is 25.2 Å². The molecule has 0 aliphatic heterocycles. The second-order valence-corrected chi connectivity index (χ2v) is 9.82. The third kappa shape index (κ3) is 37.0. The van der Waals surface area contributed by atoms with Crippen molar-refractivity contribution < 1.29 is 25.2 Å². The zero-order valence-electron chi connectivity index (χ0n) is 13.9. The molecule has 0 bridgehead atoms. The molecule has 0 N–H and O–H groups in total. The summed E-state index contributed by atoms with van der Waals surface area (Å²) in [6, 6.07) is 0. The van der Waals surface area contributed by atoms with Gasteiger partial charge in [0.15, 0.2) is 0 Å². The molecule has 0 unspecified atom stereocenters. The fourth-order valence-electron chi connectivity index (χ4n) is 1.74. The Morgan fingerprint density at radius 3 is 1.18 bits per heavy atom. The zero-order chi connectivity index (χ0) is 17.8. The molecule has 0 aromatic carbocycles. The minimum absolute atomic E-state index is 0.772. The first-order valence-electron chi connectivity index (χ1n) is 8.00. The van der Waals surface area contributed by atoms with Gasteiger partial charge < -0.3 is 0 Å². The van der Waals surface area contributed by atoms with Crippen molar-refractivity contribution in [3.8, 4) is 0 Å². The van der Waals surface area contributed by atoms with E-state index in [0.29, 0.717) is 0 Å². The van der Waals surface area contributed by atoms with Gasteiger partial charge in [0.1, 0.15) is 17.3 Å². The van der Waals surface area contributed by atoms with Crippen LogP contribution in [0.5, 0.6) is 0 Å². The summed E-state index contributed by atoms with van der Waals surface area (Å²) >= 11 is 0. The van der Waals surface area contributed by atoms with Crippen molar-refractivity contribution in [1.82, 2.24) is 0 Å². The van der Waals surface area contributed by atoms with Gasteiger partial charge in [-0.15, -0.1) is 0 Å². The quantitative estimate of drug-likeness (QED) is 0.148. The van der Waals surface area contributed by atoms with E-state index in [2.05, 4.69) is 20.8 Å². The van der Waals surface area contributed by atoms with Crippen molar-refractivity contribution in [2.75, 3.05) is 17.3 Å². The van der Waals surface area contributed by atoms with Gasteiger partial charge in [-0.1, -0.05) is 46.5 Å². The Hall–Kier alpha value is 0.360. The summed E-state index contributed by atoms with van der Waals surface area (Å²) in [4.78, 5) is 0. The van der Waals surface area contributed by atoms with Crippen molar-refractivity contribution >= 4 is 18.7 Å². The third-order valence-corrected chi connectivity index (χ3v) is 5.46. The number of unbranched alkanes of at least 4 members (excludes halogenated alkanes) is 5.